The lowest BCUT2D eigenvalue weighted by Crippen LogP contribution is -2.42. The molecule has 2 aromatic carbocycles. The summed E-state index contributed by atoms with van der Waals surface area (Å²) in [5, 5.41) is 11.2. The number of methoxy groups -OCH3 is 3. The molecule has 9 nitrogen and oxygen atoms in total. The average molecular weight is 483 g/mol. The third kappa shape index (κ3) is 4.82. The van der Waals surface area contributed by atoms with E-state index >= 15 is 0 Å². The number of likely N-dealkylation sites (tertiary alicyclic amines) is 1. The number of amides is 1. The maximum atomic E-state index is 13.3. The van der Waals surface area contributed by atoms with E-state index in [4.69, 9.17) is 18.9 Å². The van der Waals surface area contributed by atoms with Crippen LogP contribution in [0, 0.1) is 0 Å². The highest BCUT2D eigenvalue weighted by molar-refractivity contribution is 6.46. The Morgan fingerprint density at radius 1 is 0.971 bits per heavy atom. The van der Waals surface area contributed by atoms with Crippen molar-refractivity contribution in [1.29, 1.82) is 0 Å². The maximum Gasteiger partial charge on any atom is 0.295 e. The van der Waals surface area contributed by atoms with Crippen molar-refractivity contribution in [3.8, 4) is 17.2 Å². The molecule has 0 spiro atoms. The number of aliphatic hydroxyl groups is 1. The normalized spacial score (nSPS) is 20.2. The van der Waals surface area contributed by atoms with Crippen LogP contribution in [0.3, 0.4) is 0 Å². The van der Waals surface area contributed by atoms with E-state index in [2.05, 4.69) is 4.90 Å². The van der Waals surface area contributed by atoms with Crippen molar-refractivity contribution in [3.05, 3.63) is 59.2 Å². The quantitative estimate of drug-likeness (QED) is 0.348. The molecule has 2 heterocycles. The van der Waals surface area contributed by atoms with Gasteiger partial charge in [-0.05, 0) is 17.7 Å². The molecule has 186 valence electrons. The van der Waals surface area contributed by atoms with E-state index in [0.717, 1.165) is 13.1 Å². The summed E-state index contributed by atoms with van der Waals surface area (Å²) >= 11 is 0. The molecule has 1 unspecified atom stereocenters. The Balaban J connectivity index is 1.82. The highest BCUT2D eigenvalue weighted by atomic mass is 16.5. The molecule has 2 saturated heterocycles. The van der Waals surface area contributed by atoms with Gasteiger partial charge in [0.15, 0.2) is 11.5 Å². The summed E-state index contributed by atoms with van der Waals surface area (Å²) in [6.07, 6.45) is 0. The third-order valence-electron chi connectivity index (χ3n) is 6.35. The van der Waals surface area contributed by atoms with Crippen molar-refractivity contribution < 1.29 is 33.6 Å². The summed E-state index contributed by atoms with van der Waals surface area (Å²) in [6.45, 7) is 3.64. The number of morpholine rings is 1. The number of ether oxygens (including phenoxy) is 4. The number of nitrogens with zero attached hydrogens (tertiary/aromatic N) is 2. The summed E-state index contributed by atoms with van der Waals surface area (Å²) in [4.78, 5) is 30.2. The van der Waals surface area contributed by atoms with Gasteiger partial charge in [0.1, 0.15) is 5.76 Å². The van der Waals surface area contributed by atoms with Gasteiger partial charge >= 0.3 is 0 Å². The Kier molecular flexibility index (Phi) is 7.57. The van der Waals surface area contributed by atoms with Gasteiger partial charge in [-0.25, -0.2) is 0 Å². The SMILES string of the molecule is COc1cc(C2C(=C(O)c3ccccc3)C(=O)C(=O)N2CCN2CCOCC2)cc(OC)c1OC. The monoisotopic (exact) mass is 482 g/mol. The first-order chi connectivity index (χ1) is 17.0. The van der Waals surface area contributed by atoms with Gasteiger partial charge < -0.3 is 29.0 Å². The molecular weight excluding hydrogens is 452 g/mol. The van der Waals surface area contributed by atoms with Gasteiger partial charge in [-0.1, -0.05) is 30.3 Å². The molecule has 2 aromatic rings. The average Bonchev–Trinajstić information content (AvgIpc) is 3.16. The van der Waals surface area contributed by atoms with E-state index in [1.54, 1.807) is 36.4 Å². The van der Waals surface area contributed by atoms with Crippen molar-refractivity contribution >= 4 is 17.4 Å². The smallest absolute Gasteiger partial charge is 0.295 e. The van der Waals surface area contributed by atoms with E-state index in [1.165, 1.54) is 26.2 Å². The minimum atomic E-state index is -0.829. The number of ketones is 1. The molecule has 1 N–H and O–H groups in total. The van der Waals surface area contributed by atoms with Crippen LogP contribution in [-0.2, 0) is 14.3 Å². The first-order valence-corrected chi connectivity index (χ1v) is 11.4. The molecular formula is C26H30N2O7. The van der Waals surface area contributed by atoms with E-state index in [-0.39, 0.29) is 11.3 Å². The van der Waals surface area contributed by atoms with Crippen molar-refractivity contribution in [2.45, 2.75) is 6.04 Å². The first kappa shape index (κ1) is 24.6. The summed E-state index contributed by atoms with van der Waals surface area (Å²) in [7, 11) is 4.50. The zero-order chi connectivity index (χ0) is 24.9. The number of hydrogen-bond donors (Lipinski definition) is 1. The second-order valence-electron chi connectivity index (χ2n) is 8.27. The fraction of sp³-hybridized carbons (Fsp3) is 0.385. The molecule has 2 aliphatic heterocycles. The van der Waals surface area contributed by atoms with Crippen LogP contribution >= 0.6 is 0 Å². The van der Waals surface area contributed by atoms with Crippen LogP contribution in [0.4, 0.5) is 0 Å². The molecule has 1 amide bonds. The molecule has 35 heavy (non-hydrogen) atoms. The molecule has 2 aliphatic rings. The van der Waals surface area contributed by atoms with Gasteiger partial charge in [0.25, 0.3) is 11.7 Å². The molecule has 0 aliphatic carbocycles. The molecule has 0 aromatic heterocycles. The number of hydrogen-bond acceptors (Lipinski definition) is 8. The number of benzene rings is 2. The van der Waals surface area contributed by atoms with Crippen molar-refractivity contribution in [1.82, 2.24) is 9.80 Å². The number of carbonyl (C=O) groups is 2. The fourth-order valence-corrected chi connectivity index (χ4v) is 4.54. The summed E-state index contributed by atoms with van der Waals surface area (Å²) in [6, 6.07) is 11.3. The summed E-state index contributed by atoms with van der Waals surface area (Å²) < 4.78 is 21.9. The molecule has 1 atom stereocenters. The van der Waals surface area contributed by atoms with Crippen LogP contribution in [0.2, 0.25) is 0 Å². The lowest BCUT2D eigenvalue weighted by Gasteiger charge is -2.31. The Labute approximate surface area is 204 Å². The van der Waals surface area contributed by atoms with Gasteiger partial charge in [-0.2, -0.15) is 0 Å². The Morgan fingerprint density at radius 2 is 1.60 bits per heavy atom. The van der Waals surface area contributed by atoms with Crippen LogP contribution < -0.4 is 14.2 Å². The van der Waals surface area contributed by atoms with E-state index < -0.39 is 17.7 Å². The lowest BCUT2D eigenvalue weighted by molar-refractivity contribution is -0.140. The predicted molar refractivity (Wildman–Crippen MR) is 129 cm³/mol. The van der Waals surface area contributed by atoms with Gasteiger partial charge in [0.05, 0.1) is 46.2 Å². The maximum absolute atomic E-state index is 13.3. The van der Waals surface area contributed by atoms with Crippen LogP contribution in [0.5, 0.6) is 17.2 Å². The number of rotatable bonds is 8. The van der Waals surface area contributed by atoms with Gasteiger partial charge in [-0.15, -0.1) is 0 Å². The van der Waals surface area contributed by atoms with Crippen LogP contribution in [-0.4, -0.2) is 87.3 Å². The first-order valence-electron chi connectivity index (χ1n) is 11.4. The second kappa shape index (κ2) is 10.8. The number of aliphatic hydroxyl groups excluding tert-OH is 1. The zero-order valence-corrected chi connectivity index (χ0v) is 20.2. The van der Waals surface area contributed by atoms with Crippen LogP contribution in [0.1, 0.15) is 17.2 Å². The molecule has 4 rings (SSSR count). The second-order valence-corrected chi connectivity index (χ2v) is 8.27. The molecule has 0 saturated carbocycles. The van der Waals surface area contributed by atoms with Crippen molar-refractivity contribution in [3.63, 3.8) is 0 Å². The topological polar surface area (TPSA) is 97.8 Å². The highest BCUT2D eigenvalue weighted by Gasteiger charge is 2.46. The highest BCUT2D eigenvalue weighted by Crippen LogP contribution is 2.45. The van der Waals surface area contributed by atoms with Crippen molar-refractivity contribution in [2.75, 3.05) is 60.7 Å². The molecule has 0 bridgehead atoms. The Hall–Kier alpha value is -3.56. The molecule has 9 heteroatoms. The van der Waals surface area contributed by atoms with E-state index in [1.807, 2.05) is 6.07 Å². The van der Waals surface area contributed by atoms with Gasteiger partial charge in [-0.3, -0.25) is 14.5 Å². The van der Waals surface area contributed by atoms with Gasteiger partial charge in [0, 0.05) is 31.7 Å². The Bertz CT molecular complexity index is 1080. The molecule has 2 fully saturated rings. The zero-order valence-electron chi connectivity index (χ0n) is 20.2. The fourth-order valence-electron chi connectivity index (χ4n) is 4.54. The minimum Gasteiger partial charge on any atom is -0.507 e. The Morgan fingerprint density at radius 3 is 2.17 bits per heavy atom. The van der Waals surface area contributed by atoms with E-state index in [9.17, 15) is 14.7 Å². The van der Waals surface area contributed by atoms with Crippen LogP contribution in [0.25, 0.3) is 5.76 Å². The largest absolute Gasteiger partial charge is 0.507 e. The number of Topliss-reactive ketones (excluding diaryl/α,β-unsaturated/α-hetero) is 1. The molecule has 0 radical (unpaired) electrons. The minimum absolute atomic E-state index is 0.0254. The van der Waals surface area contributed by atoms with Crippen molar-refractivity contribution in [2.24, 2.45) is 0 Å². The standard InChI is InChI=1S/C26H30N2O7/c1-32-19-15-18(16-20(33-2)25(19)34-3)22-21(23(29)17-7-5-4-6-8-17)24(30)26(31)28(22)10-9-27-11-13-35-14-12-27/h4-8,15-16,22,29H,9-14H2,1-3H3. The summed E-state index contributed by atoms with van der Waals surface area (Å²) in [5.41, 5.74) is 1.05. The predicted octanol–water partition coefficient (Wildman–Crippen LogP) is 2.47. The third-order valence-corrected chi connectivity index (χ3v) is 6.35. The van der Waals surface area contributed by atoms with Gasteiger partial charge in [0.2, 0.25) is 5.75 Å². The van der Waals surface area contributed by atoms with E-state index in [0.29, 0.717) is 54.7 Å². The van der Waals surface area contributed by atoms with Crippen LogP contribution in [0.15, 0.2) is 48.0 Å². The number of carbonyl (C=O) groups excluding carboxylic acids is 2. The lowest BCUT2D eigenvalue weighted by atomic mass is 9.94. The summed E-state index contributed by atoms with van der Waals surface area (Å²) in [5.74, 6) is -0.439.